The van der Waals surface area contributed by atoms with E-state index in [4.69, 9.17) is 0 Å². The summed E-state index contributed by atoms with van der Waals surface area (Å²) in [6.45, 7) is 0.955. The van der Waals surface area contributed by atoms with Gasteiger partial charge >= 0.3 is 5.69 Å². The molecule has 4 aromatic rings. The largest absolute Gasteiger partial charge is 0.356 e. The first kappa shape index (κ1) is 19.6. The minimum atomic E-state index is -0.415. The monoisotopic (exact) mass is 409 g/mol. The molecule has 3 heterocycles. The van der Waals surface area contributed by atoms with Gasteiger partial charge in [0.05, 0.1) is 17.4 Å². The number of aryl methyl sites for hydroxylation is 2. The average Bonchev–Trinajstić information content (AvgIpc) is 3.34. The van der Waals surface area contributed by atoms with Gasteiger partial charge in [-0.3, -0.25) is 18.7 Å². The molecule has 30 heavy (non-hydrogen) atoms. The predicted octanol–water partition coefficient (Wildman–Crippen LogP) is 0.449. The van der Waals surface area contributed by atoms with Gasteiger partial charge in [-0.25, -0.2) is 14.8 Å². The Bertz CT molecular complexity index is 1310. The third-order valence-electron chi connectivity index (χ3n) is 5.14. The normalized spacial score (nSPS) is 11.4. The second-order valence-electron chi connectivity index (χ2n) is 7.22. The molecule has 0 fully saturated rings. The number of nitrogens with zero attached hydrogens (tertiary/aromatic N) is 5. The van der Waals surface area contributed by atoms with E-state index in [0.717, 1.165) is 21.4 Å². The molecule has 10 nitrogen and oxygen atoms in total. The third kappa shape index (κ3) is 3.63. The Morgan fingerprint density at radius 1 is 1.17 bits per heavy atom. The van der Waals surface area contributed by atoms with Crippen LogP contribution < -0.4 is 16.6 Å². The summed E-state index contributed by atoms with van der Waals surface area (Å²) in [7, 11) is 3.02. The summed E-state index contributed by atoms with van der Waals surface area (Å²) >= 11 is 0. The summed E-state index contributed by atoms with van der Waals surface area (Å²) in [5.41, 5.74) is 1.80. The Morgan fingerprint density at radius 2 is 1.97 bits per heavy atom. The van der Waals surface area contributed by atoms with Crippen molar-refractivity contribution in [1.29, 1.82) is 0 Å². The minimum absolute atomic E-state index is 0.0594. The molecule has 4 rings (SSSR count). The van der Waals surface area contributed by atoms with Gasteiger partial charge < -0.3 is 14.9 Å². The number of rotatable bonds is 7. The lowest BCUT2D eigenvalue weighted by molar-refractivity contribution is -0.121. The second kappa shape index (κ2) is 7.97. The SMILES string of the molecule is Cn1c(=O)c2c(ncn2CCCC(=O)NCCc2nc3ccccc3[nH]2)n(C)c1=O. The molecule has 156 valence electrons. The van der Waals surface area contributed by atoms with Crippen LogP contribution in [0.1, 0.15) is 18.7 Å². The number of aromatic nitrogens is 6. The fourth-order valence-electron chi connectivity index (χ4n) is 3.51. The van der Waals surface area contributed by atoms with Crippen LogP contribution in [0.25, 0.3) is 22.2 Å². The van der Waals surface area contributed by atoms with Crippen LogP contribution in [-0.2, 0) is 31.9 Å². The molecule has 0 spiro atoms. The quantitative estimate of drug-likeness (QED) is 0.459. The van der Waals surface area contributed by atoms with Crippen LogP contribution in [0.3, 0.4) is 0 Å². The van der Waals surface area contributed by atoms with Crippen molar-refractivity contribution in [2.24, 2.45) is 14.1 Å². The Labute approximate surface area is 171 Å². The van der Waals surface area contributed by atoms with E-state index in [2.05, 4.69) is 20.3 Å². The van der Waals surface area contributed by atoms with Gasteiger partial charge in [-0.05, 0) is 18.6 Å². The molecular formula is C20H23N7O3. The van der Waals surface area contributed by atoms with E-state index in [1.54, 1.807) is 11.6 Å². The molecule has 0 saturated carbocycles. The van der Waals surface area contributed by atoms with Crippen molar-refractivity contribution in [2.45, 2.75) is 25.8 Å². The zero-order valence-electron chi connectivity index (χ0n) is 16.9. The van der Waals surface area contributed by atoms with Crippen LogP contribution in [0, 0.1) is 0 Å². The maximum atomic E-state index is 12.4. The number of imidazole rings is 2. The van der Waals surface area contributed by atoms with Crippen molar-refractivity contribution in [3.05, 3.63) is 57.3 Å². The standard InChI is InChI=1S/C20H23N7O3/c1-25-18-17(19(29)26(2)20(25)30)27(12-22-18)11-5-8-16(28)21-10-9-15-23-13-6-3-4-7-14(13)24-15/h3-4,6-7,12H,5,8-11H2,1-2H3,(H,21,28)(H,23,24). The molecule has 2 N–H and O–H groups in total. The summed E-state index contributed by atoms with van der Waals surface area (Å²) in [6, 6.07) is 7.80. The van der Waals surface area contributed by atoms with Crippen LogP contribution >= 0.6 is 0 Å². The van der Waals surface area contributed by atoms with Gasteiger partial charge in [0, 0.05) is 40.0 Å². The number of carbonyl (C=O) groups excluding carboxylic acids is 1. The van der Waals surface area contributed by atoms with E-state index in [-0.39, 0.29) is 11.5 Å². The predicted molar refractivity (Wildman–Crippen MR) is 112 cm³/mol. The van der Waals surface area contributed by atoms with Gasteiger partial charge in [-0.1, -0.05) is 12.1 Å². The molecule has 1 amide bonds. The first-order valence-corrected chi connectivity index (χ1v) is 9.77. The van der Waals surface area contributed by atoms with Crippen LogP contribution in [0.4, 0.5) is 0 Å². The lowest BCUT2D eigenvalue weighted by Crippen LogP contribution is -2.37. The lowest BCUT2D eigenvalue weighted by Gasteiger charge is -2.07. The number of hydrogen-bond acceptors (Lipinski definition) is 5. The Balaban J connectivity index is 1.30. The molecule has 0 atom stereocenters. The molecule has 0 radical (unpaired) electrons. The van der Waals surface area contributed by atoms with Gasteiger partial charge in [-0.2, -0.15) is 0 Å². The number of carbonyl (C=O) groups is 1. The maximum absolute atomic E-state index is 12.4. The zero-order valence-corrected chi connectivity index (χ0v) is 16.9. The van der Waals surface area contributed by atoms with E-state index in [9.17, 15) is 14.4 Å². The van der Waals surface area contributed by atoms with Crippen LogP contribution in [0.2, 0.25) is 0 Å². The number of amides is 1. The number of H-pyrrole nitrogens is 1. The van der Waals surface area contributed by atoms with E-state index in [1.807, 2.05) is 24.3 Å². The van der Waals surface area contributed by atoms with E-state index >= 15 is 0 Å². The molecule has 0 aliphatic heterocycles. The minimum Gasteiger partial charge on any atom is -0.356 e. The third-order valence-corrected chi connectivity index (χ3v) is 5.14. The summed E-state index contributed by atoms with van der Waals surface area (Å²) in [5.74, 6) is 0.777. The summed E-state index contributed by atoms with van der Waals surface area (Å²) in [4.78, 5) is 48.5. The highest BCUT2D eigenvalue weighted by Gasteiger charge is 2.14. The van der Waals surface area contributed by atoms with Crippen LogP contribution in [0.15, 0.2) is 40.2 Å². The van der Waals surface area contributed by atoms with Crippen molar-refractivity contribution >= 4 is 28.1 Å². The van der Waals surface area contributed by atoms with Gasteiger partial charge in [0.15, 0.2) is 11.2 Å². The summed E-state index contributed by atoms with van der Waals surface area (Å²) in [5, 5.41) is 2.89. The molecule has 10 heteroatoms. The highest BCUT2D eigenvalue weighted by molar-refractivity contribution is 5.76. The topological polar surface area (TPSA) is 120 Å². The molecule has 0 unspecified atom stereocenters. The fourth-order valence-corrected chi connectivity index (χ4v) is 3.51. The first-order valence-electron chi connectivity index (χ1n) is 9.77. The van der Waals surface area contributed by atoms with Crippen molar-refractivity contribution in [3.8, 4) is 0 Å². The number of nitrogens with one attached hydrogen (secondary N) is 2. The van der Waals surface area contributed by atoms with E-state index < -0.39 is 5.69 Å². The number of aromatic amines is 1. The molecule has 0 saturated heterocycles. The van der Waals surface area contributed by atoms with Gasteiger partial charge in [0.25, 0.3) is 5.56 Å². The van der Waals surface area contributed by atoms with Gasteiger partial charge in [0.1, 0.15) is 5.82 Å². The summed E-state index contributed by atoms with van der Waals surface area (Å²) < 4.78 is 4.10. The number of hydrogen-bond donors (Lipinski definition) is 2. The molecule has 0 aliphatic carbocycles. The van der Waals surface area contributed by atoms with Crippen molar-refractivity contribution in [1.82, 2.24) is 34.0 Å². The second-order valence-corrected chi connectivity index (χ2v) is 7.22. The number of para-hydroxylation sites is 2. The number of benzene rings is 1. The molecular weight excluding hydrogens is 386 g/mol. The Morgan fingerprint density at radius 3 is 2.77 bits per heavy atom. The number of fused-ring (bicyclic) bond motifs is 2. The first-order chi connectivity index (χ1) is 14.5. The van der Waals surface area contributed by atoms with Crippen molar-refractivity contribution < 1.29 is 4.79 Å². The molecule has 3 aromatic heterocycles. The molecule has 0 bridgehead atoms. The lowest BCUT2D eigenvalue weighted by atomic mass is 10.3. The van der Waals surface area contributed by atoms with Crippen LogP contribution in [-0.4, -0.2) is 41.1 Å². The summed E-state index contributed by atoms with van der Waals surface area (Å²) in [6.07, 6.45) is 3.03. The van der Waals surface area contributed by atoms with Crippen molar-refractivity contribution in [3.63, 3.8) is 0 Å². The van der Waals surface area contributed by atoms with Gasteiger partial charge in [0.2, 0.25) is 5.91 Å². The van der Waals surface area contributed by atoms with E-state index in [1.165, 1.54) is 17.9 Å². The van der Waals surface area contributed by atoms with Crippen LogP contribution in [0.5, 0.6) is 0 Å². The highest BCUT2D eigenvalue weighted by Crippen LogP contribution is 2.10. The van der Waals surface area contributed by atoms with E-state index in [0.29, 0.717) is 43.5 Å². The molecule has 0 aliphatic rings. The average molecular weight is 409 g/mol. The highest BCUT2D eigenvalue weighted by atomic mass is 16.2. The Hall–Kier alpha value is -3.69. The Kier molecular flexibility index (Phi) is 5.21. The zero-order chi connectivity index (χ0) is 21.3. The van der Waals surface area contributed by atoms with Crippen molar-refractivity contribution in [2.75, 3.05) is 6.54 Å². The smallest absolute Gasteiger partial charge is 0.332 e. The maximum Gasteiger partial charge on any atom is 0.332 e. The van der Waals surface area contributed by atoms with Gasteiger partial charge in [-0.15, -0.1) is 0 Å². The fraction of sp³-hybridized carbons (Fsp3) is 0.350. The molecule has 1 aromatic carbocycles.